The molecule has 0 saturated heterocycles. The molecular formula is C8H13N. The Kier molecular flexibility index (Phi) is 4.91. The van der Waals surface area contributed by atoms with Crippen LogP contribution in [0, 0.1) is 11.3 Å². The van der Waals surface area contributed by atoms with Gasteiger partial charge in [0.2, 0.25) is 0 Å². The van der Waals surface area contributed by atoms with Gasteiger partial charge in [0.25, 0.3) is 0 Å². The first kappa shape index (κ1) is 8.23. The molecule has 0 fully saturated rings. The molecule has 0 amide bonds. The van der Waals surface area contributed by atoms with Gasteiger partial charge in [0.05, 0.1) is 6.07 Å². The van der Waals surface area contributed by atoms with Crippen molar-refractivity contribution < 1.29 is 0 Å². The number of hydrogen-bond acceptors (Lipinski definition) is 1. The van der Waals surface area contributed by atoms with Gasteiger partial charge in [0, 0.05) is 6.08 Å². The van der Waals surface area contributed by atoms with E-state index < -0.39 is 0 Å². The molecule has 0 atom stereocenters. The van der Waals surface area contributed by atoms with E-state index in [1.54, 1.807) is 6.08 Å². The van der Waals surface area contributed by atoms with E-state index in [4.69, 9.17) is 5.26 Å². The first-order valence-corrected chi connectivity index (χ1v) is 3.36. The maximum atomic E-state index is 8.21. The van der Waals surface area contributed by atoms with Gasteiger partial charge in [-0.3, -0.25) is 0 Å². The maximum Gasteiger partial charge on any atom is 0.0911 e. The first-order chi connectivity index (χ1) is 4.31. The fourth-order valence-corrected chi connectivity index (χ4v) is 0.638. The molecule has 0 aromatic carbocycles. The summed E-state index contributed by atoms with van der Waals surface area (Å²) in [5, 5.41) is 8.21. The molecule has 0 radical (unpaired) electrons. The van der Waals surface area contributed by atoms with Crippen LogP contribution >= 0.6 is 0 Å². The molecule has 0 heterocycles. The second kappa shape index (κ2) is 5.37. The van der Waals surface area contributed by atoms with Crippen LogP contribution in [0.1, 0.15) is 33.1 Å². The number of allylic oxidation sites excluding steroid dienone is 2. The summed E-state index contributed by atoms with van der Waals surface area (Å²) < 4.78 is 0. The molecule has 0 saturated carbocycles. The molecule has 0 bridgehead atoms. The summed E-state index contributed by atoms with van der Waals surface area (Å²) in [5.74, 6) is 0. The van der Waals surface area contributed by atoms with Gasteiger partial charge in [0.15, 0.2) is 0 Å². The Morgan fingerprint density at radius 3 is 2.78 bits per heavy atom. The van der Waals surface area contributed by atoms with Crippen molar-refractivity contribution in [3.05, 3.63) is 11.6 Å². The molecule has 1 nitrogen and oxygen atoms in total. The van der Waals surface area contributed by atoms with E-state index in [-0.39, 0.29) is 0 Å². The lowest BCUT2D eigenvalue weighted by atomic mass is 10.1. The fourth-order valence-electron chi connectivity index (χ4n) is 0.638. The summed E-state index contributed by atoms with van der Waals surface area (Å²) in [6, 6.07) is 2.01. The molecule has 0 aliphatic heterocycles. The zero-order chi connectivity index (χ0) is 7.11. The molecule has 0 unspecified atom stereocenters. The van der Waals surface area contributed by atoms with Gasteiger partial charge in [-0.25, -0.2) is 0 Å². The maximum absolute atomic E-state index is 8.21. The minimum Gasteiger partial charge on any atom is -0.193 e. The Labute approximate surface area is 57.0 Å². The molecule has 0 N–H and O–H groups in total. The summed E-state index contributed by atoms with van der Waals surface area (Å²) >= 11 is 0. The van der Waals surface area contributed by atoms with Gasteiger partial charge < -0.3 is 0 Å². The van der Waals surface area contributed by atoms with Crippen molar-refractivity contribution in [1.82, 2.24) is 0 Å². The van der Waals surface area contributed by atoms with Gasteiger partial charge in [-0.2, -0.15) is 5.26 Å². The number of nitrogens with zero attached hydrogens (tertiary/aromatic N) is 1. The zero-order valence-corrected chi connectivity index (χ0v) is 6.15. The number of nitriles is 1. The monoisotopic (exact) mass is 123 g/mol. The second-order valence-corrected chi connectivity index (χ2v) is 2.22. The molecule has 1 heteroatoms. The second-order valence-electron chi connectivity index (χ2n) is 2.22. The lowest BCUT2D eigenvalue weighted by Gasteiger charge is -1.93. The summed E-state index contributed by atoms with van der Waals surface area (Å²) in [7, 11) is 0. The van der Waals surface area contributed by atoms with Crippen molar-refractivity contribution in [2.45, 2.75) is 33.1 Å². The highest BCUT2D eigenvalue weighted by molar-refractivity contribution is 5.10. The fraction of sp³-hybridized carbons (Fsp3) is 0.625. The minimum atomic E-state index is 1.07. The SMILES string of the molecule is CCCC/C(C)=C\C#N. The smallest absolute Gasteiger partial charge is 0.0911 e. The average Bonchev–Trinajstić information content (AvgIpc) is 1.85. The Morgan fingerprint density at radius 2 is 2.33 bits per heavy atom. The highest BCUT2D eigenvalue weighted by Gasteiger charge is 1.85. The molecule has 0 aromatic heterocycles. The minimum absolute atomic E-state index is 1.07. The Balaban J connectivity index is 3.40. The van der Waals surface area contributed by atoms with E-state index in [1.165, 1.54) is 18.4 Å². The van der Waals surface area contributed by atoms with Crippen molar-refractivity contribution in [2.24, 2.45) is 0 Å². The topological polar surface area (TPSA) is 23.8 Å². The number of unbranched alkanes of at least 4 members (excludes halogenated alkanes) is 1. The van der Waals surface area contributed by atoms with Gasteiger partial charge in [-0.05, 0) is 19.8 Å². The average molecular weight is 123 g/mol. The Morgan fingerprint density at radius 1 is 1.67 bits per heavy atom. The van der Waals surface area contributed by atoms with Crippen molar-refractivity contribution in [3.63, 3.8) is 0 Å². The third-order valence-corrected chi connectivity index (χ3v) is 1.24. The Hall–Kier alpha value is -0.770. The molecule has 50 valence electrons. The van der Waals surface area contributed by atoms with Crippen molar-refractivity contribution in [2.75, 3.05) is 0 Å². The van der Waals surface area contributed by atoms with Gasteiger partial charge in [-0.1, -0.05) is 18.9 Å². The van der Waals surface area contributed by atoms with Crippen LogP contribution in [0.4, 0.5) is 0 Å². The normalized spacial score (nSPS) is 11.0. The van der Waals surface area contributed by atoms with Crippen LogP contribution in [0.3, 0.4) is 0 Å². The highest BCUT2D eigenvalue weighted by atomic mass is 14.2. The summed E-state index contributed by atoms with van der Waals surface area (Å²) in [4.78, 5) is 0. The Bertz CT molecular complexity index is 128. The van der Waals surface area contributed by atoms with Crippen molar-refractivity contribution >= 4 is 0 Å². The molecule has 0 aliphatic rings. The van der Waals surface area contributed by atoms with Crippen LogP contribution in [0.5, 0.6) is 0 Å². The standard InChI is InChI=1S/C8H13N/c1-3-4-5-8(2)6-7-9/h6H,3-5H2,1-2H3/b8-6-. The predicted octanol–water partition coefficient (Wildman–Crippen LogP) is 2.65. The molecule has 0 rings (SSSR count). The quantitative estimate of drug-likeness (QED) is 0.529. The third-order valence-electron chi connectivity index (χ3n) is 1.24. The van der Waals surface area contributed by atoms with Gasteiger partial charge >= 0.3 is 0 Å². The lowest BCUT2D eigenvalue weighted by molar-refractivity contribution is 0.787. The van der Waals surface area contributed by atoms with Crippen molar-refractivity contribution in [3.8, 4) is 6.07 Å². The zero-order valence-electron chi connectivity index (χ0n) is 6.15. The van der Waals surface area contributed by atoms with Gasteiger partial charge in [0.1, 0.15) is 0 Å². The summed E-state index contributed by atoms with van der Waals surface area (Å²) in [6.45, 7) is 4.15. The predicted molar refractivity (Wildman–Crippen MR) is 38.9 cm³/mol. The highest BCUT2D eigenvalue weighted by Crippen LogP contribution is 2.04. The molecule has 0 aromatic rings. The van der Waals surface area contributed by atoms with Crippen LogP contribution < -0.4 is 0 Å². The van der Waals surface area contributed by atoms with Crippen LogP contribution in [0.25, 0.3) is 0 Å². The van der Waals surface area contributed by atoms with Gasteiger partial charge in [-0.15, -0.1) is 0 Å². The molecular weight excluding hydrogens is 110 g/mol. The van der Waals surface area contributed by atoms with Crippen LogP contribution in [0.15, 0.2) is 11.6 Å². The van der Waals surface area contributed by atoms with E-state index in [2.05, 4.69) is 6.92 Å². The largest absolute Gasteiger partial charge is 0.193 e. The third kappa shape index (κ3) is 5.10. The molecule has 0 aliphatic carbocycles. The summed E-state index contributed by atoms with van der Waals surface area (Å²) in [6.07, 6.45) is 5.10. The van der Waals surface area contributed by atoms with E-state index in [9.17, 15) is 0 Å². The van der Waals surface area contributed by atoms with E-state index in [0.717, 1.165) is 6.42 Å². The molecule has 0 spiro atoms. The van der Waals surface area contributed by atoms with Crippen molar-refractivity contribution in [1.29, 1.82) is 5.26 Å². The number of rotatable bonds is 3. The molecule has 9 heavy (non-hydrogen) atoms. The van der Waals surface area contributed by atoms with Crippen LogP contribution in [-0.4, -0.2) is 0 Å². The van der Waals surface area contributed by atoms with E-state index in [1.807, 2.05) is 13.0 Å². The van der Waals surface area contributed by atoms with Crippen LogP contribution in [0.2, 0.25) is 0 Å². The van der Waals surface area contributed by atoms with E-state index in [0.29, 0.717) is 0 Å². The lowest BCUT2D eigenvalue weighted by Crippen LogP contribution is -1.75. The summed E-state index contributed by atoms with van der Waals surface area (Å²) in [5.41, 5.74) is 1.19. The number of hydrogen-bond donors (Lipinski definition) is 0. The van der Waals surface area contributed by atoms with Crippen LogP contribution in [-0.2, 0) is 0 Å². The first-order valence-electron chi connectivity index (χ1n) is 3.36. The van der Waals surface area contributed by atoms with E-state index >= 15 is 0 Å².